The largest absolute Gasteiger partial charge is 0.355 e. The monoisotopic (exact) mass is 360 g/mol. The average molecular weight is 360 g/mol. The number of carbonyl (C=O) groups excluding carboxylic acids is 2. The van der Waals surface area contributed by atoms with E-state index in [4.69, 9.17) is 0 Å². The van der Waals surface area contributed by atoms with Gasteiger partial charge in [-0.2, -0.15) is 0 Å². The average Bonchev–Trinajstić information content (AvgIpc) is 2.85. The van der Waals surface area contributed by atoms with Crippen LogP contribution in [0, 0.1) is 10.1 Å². The highest BCUT2D eigenvalue weighted by Gasteiger charge is 2.19. The first-order chi connectivity index (χ1) is 12.5. The van der Waals surface area contributed by atoms with Crippen molar-refractivity contribution in [2.24, 2.45) is 0 Å². The van der Waals surface area contributed by atoms with Crippen molar-refractivity contribution >= 4 is 23.6 Å². The Hall–Kier alpha value is -2.74. The van der Waals surface area contributed by atoms with Gasteiger partial charge in [-0.3, -0.25) is 24.6 Å². The molecule has 8 nitrogen and oxygen atoms in total. The fourth-order valence-electron chi connectivity index (χ4n) is 2.82. The molecule has 1 saturated heterocycles. The van der Waals surface area contributed by atoms with E-state index in [0.29, 0.717) is 38.3 Å². The molecule has 2 rings (SSSR count). The molecule has 2 amide bonds. The van der Waals surface area contributed by atoms with E-state index in [1.165, 1.54) is 18.2 Å². The second-order valence-electron chi connectivity index (χ2n) is 6.09. The van der Waals surface area contributed by atoms with Crippen LogP contribution < -0.4 is 5.32 Å². The molecule has 140 valence electrons. The maximum Gasteiger partial charge on any atom is 0.270 e. The van der Waals surface area contributed by atoms with Crippen molar-refractivity contribution in [3.63, 3.8) is 0 Å². The first kappa shape index (κ1) is 19.6. The van der Waals surface area contributed by atoms with E-state index in [2.05, 4.69) is 5.32 Å². The highest BCUT2D eigenvalue weighted by molar-refractivity contribution is 5.91. The van der Waals surface area contributed by atoms with Crippen LogP contribution in [-0.2, 0) is 9.59 Å². The van der Waals surface area contributed by atoms with Crippen molar-refractivity contribution in [2.75, 3.05) is 39.3 Å². The number of hydrogen-bond donors (Lipinski definition) is 1. The SMILES string of the molecule is CCNC(=O)CN1CCCN(C(=O)/C=C/c2cccc([N+](=O)[O-])c2)CC1. The van der Waals surface area contributed by atoms with Crippen LogP contribution in [0.25, 0.3) is 6.08 Å². The molecule has 0 aliphatic carbocycles. The van der Waals surface area contributed by atoms with Crippen molar-refractivity contribution in [2.45, 2.75) is 13.3 Å². The summed E-state index contributed by atoms with van der Waals surface area (Å²) >= 11 is 0. The van der Waals surface area contributed by atoms with Crippen LogP contribution in [0.4, 0.5) is 5.69 Å². The number of hydrogen-bond acceptors (Lipinski definition) is 5. The van der Waals surface area contributed by atoms with E-state index < -0.39 is 4.92 Å². The molecule has 0 atom stereocenters. The molecule has 0 aromatic heterocycles. The van der Waals surface area contributed by atoms with Gasteiger partial charge in [0.05, 0.1) is 11.5 Å². The quantitative estimate of drug-likeness (QED) is 0.468. The fourth-order valence-corrected chi connectivity index (χ4v) is 2.82. The standard InChI is InChI=1S/C18H24N4O4/c1-2-19-17(23)14-20-9-4-10-21(12-11-20)18(24)8-7-15-5-3-6-16(13-15)22(25)26/h3,5-8,13H,2,4,9-12,14H2,1H3,(H,19,23)/b8-7+. The van der Waals surface area contributed by atoms with Gasteiger partial charge in [-0.1, -0.05) is 12.1 Å². The number of nitro groups is 1. The van der Waals surface area contributed by atoms with Crippen molar-refractivity contribution in [3.8, 4) is 0 Å². The normalized spacial score (nSPS) is 15.7. The minimum Gasteiger partial charge on any atom is -0.355 e. The first-order valence-electron chi connectivity index (χ1n) is 8.70. The molecular weight excluding hydrogens is 336 g/mol. The van der Waals surface area contributed by atoms with E-state index in [1.807, 2.05) is 11.8 Å². The maximum atomic E-state index is 12.4. The topological polar surface area (TPSA) is 95.8 Å². The number of rotatable bonds is 6. The number of carbonyl (C=O) groups is 2. The van der Waals surface area contributed by atoms with E-state index >= 15 is 0 Å². The minimum absolute atomic E-state index is 0.00200. The predicted octanol–water partition coefficient (Wildman–Crippen LogP) is 1.28. The van der Waals surface area contributed by atoms with Crippen molar-refractivity contribution < 1.29 is 14.5 Å². The van der Waals surface area contributed by atoms with Crippen LogP contribution in [0.3, 0.4) is 0 Å². The number of nitro benzene ring substituents is 1. The van der Waals surface area contributed by atoms with E-state index in [0.717, 1.165) is 13.0 Å². The fraction of sp³-hybridized carbons (Fsp3) is 0.444. The molecule has 1 fully saturated rings. The highest BCUT2D eigenvalue weighted by Crippen LogP contribution is 2.14. The summed E-state index contributed by atoms with van der Waals surface area (Å²) in [6.07, 6.45) is 3.83. The second-order valence-corrected chi connectivity index (χ2v) is 6.09. The van der Waals surface area contributed by atoms with Gasteiger partial charge in [0.25, 0.3) is 5.69 Å². The van der Waals surface area contributed by atoms with Gasteiger partial charge in [0.2, 0.25) is 11.8 Å². The van der Waals surface area contributed by atoms with Crippen LogP contribution in [0.2, 0.25) is 0 Å². The Morgan fingerprint density at radius 3 is 2.81 bits per heavy atom. The zero-order valence-corrected chi connectivity index (χ0v) is 14.9. The summed E-state index contributed by atoms with van der Waals surface area (Å²) in [6, 6.07) is 6.15. The molecule has 1 aliphatic heterocycles. The lowest BCUT2D eigenvalue weighted by Gasteiger charge is -2.20. The van der Waals surface area contributed by atoms with Crippen molar-refractivity contribution in [1.82, 2.24) is 15.1 Å². The number of non-ortho nitro benzene ring substituents is 1. The zero-order valence-electron chi connectivity index (χ0n) is 14.9. The van der Waals surface area contributed by atoms with Crippen LogP contribution in [0.15, 0.2) is 30.3 Å². The Bertz CT molecular complexity index is 690. The van der Waals surface area contributed by atoms with Crippen LogP contribution in [0.5, 0.6) is 0 Å². The molecule has 0 radical (unpaired) electrons. The molecule has 1 aromatic carbocycles. The first-order valence-corrected chi connectivity index (χ1v) is 8.70. The summed E-state index contributed by atoms with van der Waals surface area (Å²) in [5, 5.41) is 13.6. The third-order valence-electron chi connectivity index (χ3n) is 4.14. The van der Waals surface area contributed by atoms with Crippen molar-refractivity contribution in [3.05, 3.63) is 46.0 Å². The third-order valence-corrected chi connectivity index (χ3v) is 4.14. The lowest BCUT2D eigenvalue weighted by atomic mass is 10.2. The molecule has 0 bridgehead atoms. The zero-order chi connectivity index (χ0) is 18.9. The van der Waals surface area contributed by atoms with Gasteiger partial charge in [0.15, 0.2) is 0 Å². The summed E-state index contributed by atoms with van der Waals surface area (Å²) < 4.78 is 0. The van der Waals surface area contributed by atoms with E-state index in [9.17, 15) is 19.7 Å². The number of nitrogens with one attached hydrogen (secondary N) is 1. The maximum absolute atomic E-state index is 12.4. The second kappa shape index (κ2) is 9.67. The molecule has 0 saturated carbocycles. The van der Waals surface area contributed by atoms with Gasteiger partial charge >= 0.3 is 0 Å². The molecule has 0 unspecified atom stereocenters. The Labute approximate surface area is 152 Å². The lowest BCUT2D eigenvalue weighted by molar-refractivity contribution is -0.384. The minimum atomic E-state index is -0.461. The van der Waals surface area contributed by atoms with Crippen LogP contribution >= 0.6 is 0 Å². The molecule has 0 spiro atoms. The summed E-state index contributed by atoms with van der Waals surface area (Å²) in [6.45, 7) is 5.44. The van der Waals surface area contributed by atoms with Crippen molar-refractivity contribution in [1.29, 1.82) is 0 Å². The Morgan fingerprint density at radius 2 is 2.08 bits per heavy atom. The molecule has 1 aliphatic rings. The van der Waals surface area contributed by atoms with Gasteiger partial charge in [-0.15, -0.1) is 0 Å². The molecular formula is C18H24N4O4. The highest BCUT2D eigenvalue weighted by atomic mass is 16.6. The van der Waals surface area contributed by atoms with Crippen LogP contribution in [-0.4, -0.2) is 65.8 Å². The molecule has 26 heavy (non-hydrogen) atoms. The Kier molecular flexibility index (Phi) is 7.28. The van der Waals surface area contributed by atoms with E-state index in [-0.39, 0.29) is 17.5 Å². The van der Waals surface area contributed by atoms with Gasteiger partial charge < -0.3 is 10.2 Å². The number of nitrogens with zero attached hydrogens (tertiary/aromatic N) is 3. The van der Waals surface area contributed by atoms with Gasteiger partial charge in [0.1, 0.15) is 0 Å². The summed E-state index contributed by atoms with van der Waals surface area (Å²) in [7, 11) is 0. The Morgan fingerprint density at radius 1 is 1.27 bits per heavy atom. The van der Waals surface area contributed by atoms with Crippen LogP contribution in [0.1, 0.15) is 18.9 Å². The third kappa shape index (κ3) is 5.96. The molecule has 1 N–H and O–H groups in total. The lowest BCUT2D eigenvalue weighted by Crippen LogP contribution is -2.39. The summed E-state index contributed by atoms with van der Waals surface area (Å²) in [5.41, 5.74) is 0.607. The predicted molar refractivity (Wildman–Crippen MR) is 98.5 cm³/mol. The van der Waals surface area contributed by atoms with Gasteiger partial charge in [0, 0.05) is 50.9 Å². The molecule has 1 heterocycles. The van der Waals surface area contributed by atoms with Gasteiger partial charge in [-0.25, -0.2) is 0 Å². The van der Waals surface area contributed by atoms with E-state index in [1.54, 1.807) is 23.1 Å². The molecule has 1 aromatic rings. The number of benzene rings is 1. The number of likely N-dealkylation sites (N-methyl/N-ethyl adjacent to an activating group) is 1. The smallest absolute Gasteiger partial charge is 0.270 e. The van der Waals surface area contributed by atoms with Gasteiger partial charge in [-0.05, 0) is 25.0 Å². The molecule has 8 heteroatoms. The summed E-state index contributed by atoms with van der Waals surface area (Å²) in [4.78, 5) is 38.2. The Balaban J connectivity index is 1.90. The number of amides is 2. The summed E-state index contributed by atoms with van der Waals surface area (Å²) in [5.74, 6) is -0.130.